The predicted molar refractivity (Wildman–Crippen MR) is 115 cm³/mol. The summed E-state index contributed by atoms with van der Waals surface area (Å²) in [7, 11) is 2.14. The molecule has 158 valence electrons. The van der Waals surface area contributed by atoms with Crippen LogP contribution in [0.5, 0.6) is 0 Å². The first-order chi connectivity index (χ1) is 14.1. The Morgan fingerprint density at radius 2 is 1.90 bits per heavy atom. The molecule has 2 saturated heterocycles. The van der Waals surface area contributed by atoms with Crippen molar-refractivity contribution >= 4 is 17.5 Å². The smallest absolute Gasteiger partial charge is 0.239 e. The van der Waals surface area contributed by atoms with Gasteiger partial charge in [0.25, 0.3) is 0 Å². The second-order valence-electron chi connectivity index (χ2n) is 8.85. The average molecular weight is 399 g/mol. The molecule has 2 amide bonds. The van der Waals surface area contributed by atoms with Crippen molar-refractivity contribution in [1.29, 1.82) is 0 Å². The Morgan fingerprint density at radius 3 is 2.66 bits per heavy atom. The van der Waals surface area contributed by atoms with Crippen molar-refractivity contribution < 1.29 is 9.59 Å². The van der Waals surface area contributed by atoms with E-state index in [4.69, 9.17) is 0 Å². The van der Waals surface area contributed by atoms with E-state index < -0.39 is 0 Å². The van der Waals surface area contributed by atoms with Gasteiger partial charge in [0, 0.05) is 43.3 Å². The molecule has 29 heavy (non-hydrogen) atoms. The molecule has 3 atom stereocenters. The quantitative estimate of drug-likeness (QED) is 0.800. The lowest BCUT2D eigenvalue weighted by atomic mass is 9.93. The summed E-state index contributed by atoms with van der Waals surface area (Å²) in [5.41, 5.74) is 0.832. The summed E-state index contributed by atoms with van der Waals surface area (Å²) in [6, 6.07) is 10.6. The zero-order valence-electron chi connectivity index (χ0n) is 17.5. The minimum absolute atomic E-state index is 0.0342. The monoisotopic (exact) mass is 398 g/mol. The Balaban J connectivity index is 1.36. The number of likely N-dealkylation sites (N-methyl/N-ethyl adjacent to an activating group) is 1. The Hall–Kier alpha value is -1.92. The molecule has 1 saturated carbocycles. The minimum atomic E-state index is -0.0359. The van der Waals surface area contributed by atoms with Gasteiger partial charge in [-0.25, -0.2) is 0 Å². The molecule has 3 aliphatic rings. The fourth-order valence-corrected chi connectivity index (χ4v) is 5.46. The highest BCUT2D eigenvalue weighted by Crippen LogP contribution is 2.33. The van der Waals surface area contributed by atoms with Crippen molar-refractivity contribution in [3.8, 4) is 0 Å². The molecule has 2 N–H and O–H groups in total. The van der Waals surface area contributed by atoms with E-state index in [2.05, 4.69) is 27.5 Å². The molecule has 6 nitrogen and oxygen atoms in total. The van der Waals surface area contributed by atoms with Crippen LogP contribution in [0.4, 0.5) is 5.69 Å². The van der Waals surface area contributed by atoms with Gasteiger partial charge in [0.05, 0.1) is 0 Å². The largest absolute Gasteiger partial charge is 0.353 e. The van der Waals surface area contributed by atoms with E-state index >= 15 is 0 Å². The molecule has 0 aromatic heterocycles. The molecular weight excluding hydrogens is 364 g/mol. The van der Waals surface area contributed by atoms with Crippen LogP contribution in [-0.2, 0) is 9.59 Å². The molecular formula is C23H34N4O2. The number of amides is 2. The Kier molecular flexibility index (Phi) is 6.50. The number of carbonyl (C=O) groups is 2. The summed E-state index contributed by atoms with van der Waals surface area (Å²) < 4.78 is 0. The fourth-order valence-electron chi connectivity index (χ4n) is 5.46. The number of hydrogen-bond donors (Lipinski definition) is 2. The zero-order chi connectivity index (χ0) is 20.2. The molecule has 1 aromatic rings. The Bertz CT molecular complexity index is 704. The summed E-state index contributed by atoms with van der Waals surface area (Å²) in [6.07, 6.45) is 8.61. The van der Waals surface area contributed by atoms with Crippen LogP contribution < -0.4 is 10.6 Å². The molecule has 3 fully saturated rings. The number of benzene rings is 1. The van der Waals surface area contributed by atoms with Gasteiger partial charge in [-0.3, -0.25) is 19.4 Å². The van der Waals surface area contributed by atoms with Crippen LogP contribution in [0, 0.1) is 0 Å². The van der Waals surface area contributed by atoms with E-state index in [0.29, 0.717) is 19.0 Å². The minimum Gasteiger partial charge on any atom is -0.353 e. The Labute approximate surface area is 174 Å². The lowest BCUT2D eigenvalue weighted by molar-refractivity contribution is -0.126. The van der Waals surface area contributed by atoms with Gasteiger partial charge in [-0.05, 0) is 44.9 Å². The zero-order valence-corrected chi connectivity index (χ0v) is 17.5. The summed E-state index contributed by atoms with van der Waals surface area (Å²) in [6.45, 7) is 1.64. The molecule has 1 aliphatic carbocycles. The van der Waals surface area contributed by atoms with Crippen LogP contribution in [0.3, 0.4) is 0 Å². The molecule has 0 radical (unpaired) electrons. The van der Waals surface area contributed by atoms with Gasteiger partial charge < -0.3 is 10.6 Å². The number of rotatable bonds is 5. The van der Waals surface area contributed by atoms with Crippen LogP contribution in [0.25, 0.3) is 0 Å². The number of carbonyl (C=O) groups excluding carboxylic acids is 2. The van der Waals surface area contributed by atoms with Gasteiger partial charge in [-0.1, -0.05) is 37.5 Å². The lowest BCUT2D eigenvalue weighted by Gasteiger charge is -2.37. The molecule has 6 heteroatoms. The van der Waals surface area contributed by atoms with Crippen LogP contribution >= 0.6 is 0 Å². The number of para-hydroxylation sites is 1. The number of anilines is 1. The molecule has 2 aliphatic heterocycles. The number of nitrogens with one attached hydrogen (secondary N) is 2. The van der Waals surface area contributed by atoms with Crippen molar-refractivity contribution in [3.05, 3.63) is 30.3 Å². The van der Waals surface area contributed by atoms with E-state index in [1.807, 2.05) is 30.3 Å². The van der Waals surface area contributed by atoms with Crippen LogP contribution in [0.2, 0.25) is 0 Å². The molecule has 4 rings (SSSR count). The van der Waals surface area contributed by atoms with E-state index in [1.165, 1.54) is 32.1 Å². The topological polar surface area (TPSA) is 64.7 Å². The lowest BCUT2D eigenvalue weighted by Crippen LogP contribution is -2.53. The van der Waals surface area contributed by atoms with E-state index in [9.17, 15) is 9.59 Å². The van der Waals surface area contributed by atoms with Crippen LogP contribution in [-0.4, -0.2) is 65.9 Å². The highest BCUT2D eigenvalue weighted by molar-refractivity contribution is 5.90. The number of hydrogen-bond acceptors (Lipinski definition) is 4. The molecule has 0 spiro atoms. The van der Waals surface area contributed by atoms with Gasteiger partial charge in [0.2, 0.25) is 11.8 Å². The third-order valence-electron chi connectivity index (χ3n) is 7.09. The van der Waals surface area contributed by atoms with Gasteiger partial charge in [-0.2, -0.15) is 0 Å². The molecule has 1 aromatic carbocycles. The number of nitrogens with zero attached hydrogens (tertiary/aromatic N) is 2. The maximum absolute atomic E-state index is 13.0. The maximum atomic E-state index is 13.0. The average Bonchev–Trinajstić information content (AvgIpc) is 3.15. The van der Waals surface area contributed by atoms with Crippen LogP contribution in [0.15, 0.2) is 30.3 Å². The van der Waals surface area contributed by atoms with Gasteiger partial charge in [-0.15, -0.1) is 0 Å². The summed E-state index contributed by atoms with van der Waals surface area (Å²) in [5, 5.41) is 6.15. The van der Waals surface area contributed by atoms with Gasteiger partial charge >= 0.3 is 0 Å². The predicted octanol–water partition coefficient (Wildman–Crippen LogP) is 2.61. The third kappa shape index (κ3) is 4.64. The molecule has 0 bridgehead atoms. The third-order valence-corrected chi connectivity index (χ3v) is 7.09. The second kappa shape index (κ2) is 9.26. The van der Waals surface area contributed by atoms with Crippen molar-refractivity contribution in [2.24, 2.45) is 0 Å². The SMILES string of the molecule is CN1[C@@H](CCC(=O)Nc2ccccc2)CNC(=O)[C@@H]2[C@@H]1CCN2C1CCCCC1. The maximum Gasteiger partial charge on any atom is 0.239 e. The van der Waals surface area contributed by atoms with Crippen molar-refractivity contribution in [2.75, 3.05) is 25.5 Å². The Morgan fingerprint density at radius 1 is 1.14 bits per heavy atom. The highest BCUT2D eigenvalue weighted by Gasteiger charge is 2.47. The van der Waals surface area contributed by atoms with Crippen molar-refractivity contribution in [2.45, 2.75) is 75.5 Å². The number of likely N-dealkylation sites (tertiary alicyclic amines) is 1. The van der Waals surface area contributed by atoms with Crippen molar-refractivity contribution in [1.82, 2.24) is 15.1 Å². The van der Waals surface area contributed by atoms with Gasteiger partial charge in [0.15, 0.2) is 0 Å². The fraction of sp³-hybridized carbons (Fsp3) is 0.652. The first-order valence-electron chi connectivity index (χ1n) is 11.2. The first kappa shape index (κ1) is 20.4. The van der Waals surface area contributed by atoms with E-state index in [-0.39, 0.29) is 29.9 Å². The van der Waals surface area contributed by atoms with Gasteiger partial charge in [0.1, 0.15) is 6.04 Å². The first-order valence-corrected chi connectivity index (χ1v) is 11.2. The second-order valence-corrected chi connectivity index (χ2v) is 8.85. The van der Waals surface area contributed by atoms with Crippen molar-refractivity contribution in [3.63, 3.8) is 0 Å². The normalized spacial score (nSPS) is 29.1. The van der Waals surface area contributed by atoms with E-state index in [1.54, 1.807) is 0 Å². The summed E-state index contributed by atoms with van der Waals surface area (Å²) >= 11 is 0. The van der Waals surface area contributed by atoms with E-state index in [0.717, 1.165) is 25.1 Å². The summed E-state index contributed by atoms with van der Waals surface area (Å²) in [5.74, 6) is 0.216. The molecule has 0 unspecified atom stereocenters. The number of fused-ring (bicyclic) bond motifs is 1. The molecule has 2 heterocycles. The highest BCUT2D eigenvalue weighted by atomic mass is 16.2. The van der Waals surface area contributed by atoms with Crippen LogP contribution in [0.1, 0.15) is 51.4 Å². The standard InChI is InChI=1S/C23H34N4O2/c1-26-19(12-13-21(28)25-17-8-4-2-5-9-17)16-24-23(29)22-20(26)14-15-27(22)18-10-6-3-7-11-18/h2,4-5,8-9,18-20,22H,3,6-7,10-16H2,1H3,(H,24,29)(H,25,28)/t19-,20-,22-/m0/s1. The summed E-state index contributed by atoms with van der Waals surface area (Å²) in [4.78, 5) is 30.2.